The molecule has 1 atom stereocenters. The molecule has 0 amide bonds. The average Bonchev–Trinajstić information content (AvgIpc) is 2.86. The van der Waals surface area contributed by atoms with E-state index in [4.69, 9.17) is 4.42 Å². The van der Waals surface area contributed by atoms with Gasteiger partial charge < -0.3 is 9.73 Å². The Morgan fingerprint density at radius 2 is 1.78 bits per heavy atom. The van der Waals surface area contributed by atoms with Crippen LogP contribution in [-0.4, -0.2) is 6.04 Å². The molecule has 4 fully saturated rings. The van der Waals surface area contributed by atoms with Gasteiger partial charge >= 0.3 is 0 Å². The summed E-state index contributed by atoms with van der Waals surface area (Å²) >= 11 is 0. The Morgan fingerprint density at radius 3 is 2.33 bits per heavy atom. The molecule has 0 saturated heterocycles. The molecule has 98 valence electrons. The van der Waals surface area contributed by atoms with Gasteiger partial charge in [-0.25, -0.2) is 0 Å². The van der Waals surface area contributed by atoms with Gasteiger partial charge in [0.05, 0.1) is 12.5 Å². The van der Waals surface area contributed by atoms with Crippen LogP contribution < -0.4 is 5.32 Å². The van der Waals surface area contributed by atoms with E-state index in [0.717, 1.165) is 29.7 Å². The van der Waals surface area contributed by atoms with E-state index >= 15 is 0 Å². The second kappa shape index (κ2) is 4.12. The van der Waals surface area contributed by atoms with Gasteiger partial charge in [0.15, 0.2) is 0 Å². The summed E-state index contributed by atoms with van der Waals surface area (Å²) in [6.45, 7) is 2.27. The molecule has 4 aliphatic carbocycles. The molecule has 1 N–H and O–H groups in total. The van der Waals surface area contributed by atoms with Crippen molar-refractivity contribution in [1.82, 2.24) is 5.32 Å². The zero-order chi connectivity index (χ0) is 12.1. The Morgan fingerprint density at radius 1 is 1.11 bits per heavy atom. The van der Waals surface area contributed by atoms with Crippen molar-refractivity contribution in [1.29, 1.82) is 0 Å². The first-order chi connectivity index (χ1) is 8.79. The van der Waals surface area contributed by atoms with Crippen molar-refractivity contribution in [2.45, 2.75) is 51.1 Å². The molecule has 0 aliphatic heterocycles. The van der Waals surface area contributed by atoms with E-state index in [9.17, 15) is 0 Å². The Hall–Kier alpha value is -0.760. The minimum absolute atomic E-state index is 0.436. The zero-order valence-electron chi connectivity index (χ0n) is 11.1. The molecule has 2 nitrogen and oxygen atoms in total. The van der Waals surface area contributed by atoms with Gasteiger partial charge in [0.25, 0.3) is 0 Å². The third kappa shape index (κ3) is 1.73. The van der Waals surface area contributed by atoms with Gasteiger partial charge in [0.2, 0.25) is 0 Å². The Bertz CT molecular complexity index is 383. The van der Waals surface area contributed by atoms with E-state index in [0.29, 0.717) is 6.04 Å². The molecule has 5 rings (SSSR count). The lowest BCUT2D eigenvalue weighted by molar-refractivity contribution is -0.0171. The maximum Gasteiger partial charge on any atom is 0.0950 e. The number of rotatable bonds is 3. The SMILES string of the molecule is CC(NC1C2CC3CC(C2)CC1C3)c1ccoc1. The second-order valence-corrected chi connectivity index (χ2v) is 6.90. The molecule has 0 radical (unpaired) electrons. The van der Waals surface area contributed by atoms with Crippen molar-refractivity contribution < 1.29 is 4.42 Å². The molecule has 0 spiro atoms. The highest BCUT2D eigenvalue weighted by atomic mass is 16.3. The fourth-order valence-corrected chi connectivity index (χ4v) is 5.10. The van der Waals surface area contributed by atoms with E-state index in [1.807, 2.05) is 6.26 Å². The van der Waals surface area contributed by atoms with Crippen LogP contribution in [0.1, 0.15) is 50.6 Å². The molecule has 4 saturated carbocycles. The van der Waals surface area contributed by atoms with Crippen LogP contribution in [-0.2, 0) is 0 Å². The highest BCUT2D eigenvalue weighted by molar-refractivity contribution is 5.12. The van der Waals surface area contributed by atoms with Crippen molar-refractivity contribution in [2.24, 2.45) is 23.7 Å². The third-order valence-corrected chi connectivity index (χ3v) is 5.71. The molecule has 18 heavy (non-hydrogen) atoms. The largest absolute Gasteiger partial charge is 0.472 e. The van der Waals surface area contributed by atoms with Crippen LogP contribution in [0.3, 0.4) is 0 Å². The lowest BCUT2D eigenvalue weighted by atomic mass is 9.54. The molecule has 1 aromatic rings. The summed E-state index contributed by atoms with van der Waals surface area (Å²) in [5, 5.41) is 3.90. The Labute approximate surface area is 109 Å². The summed E-state index contributed by atoms with van der Waals surface area (Å²) in [5.74, 6) is 4.04. The van der Waals surface area contributed by atoms with Gasteiger partial charge in [0.1, 0.15) is 0 Å². The lowest BCUT2D eigenvalue weighted by Crippen LogP contribution is -2.54. The van der Waals surface area contributed by atoms with Crippen molar-refractivity contribution >= 4 is 0 Å². The minimum Gasteiger partial charge on any atom is -0.472 e. The first-order valence-corrected chi connectivity index (χ1v) is 7.57. The van der Waals surface area contributed by atoms with Crippen LogP contribution in [0.25, 0.3) is 0 Å². The highest BCUT2D eigenvalue weighted by Crippen LogP contribution is 2.54. The normalized spacial score (nSPS) is 43.3. The predicted molar refractivity (Wildman–Crippen MR) is 71.1 cm³/mol. The third-order valence-electron chi connectivity index (χ3n) is 5.71. The van der Waals surface area contributed by atoms with Gasteiger partial charge in [-0.3, -0.25) is 0 Å². The van der Waals surface area contributed by atoms with Gasteiger partial charge in [0, 0.05) is 17.6 Å². The lowest BCUT2D eigenvalue weighted by Gasteiger charge is -2.55. The summed E-state index contributed by atoms with van der Waals surface area (Å²) < 4.78 is 5.20. The van der Waals surface area contributed by atoms with E-state index in [2.05, 4.69) is 18.3 Å². The standard InChI is InChI=1S/C16H23NO/c1-10(13-2-3-18-9-13)17-16-14-5-11-4-12(7-14)8-15(16)6-11/h2-3,9-12,14-17H,4-8H2,1H3. The minimum atomic E-state index is 0.436. The number of hydrogen-bond acceptors (Lipinski definition) is 2. The van der Waals surface area contributed by atoms with Crippen molar-refractivity contribution in [2.75, 3.05) is 0 Å². The molecule has 4 bridgehead atoms. The molecule has 2 heteroatoms. The molecular weight excluding hydrogens is 222 g/mol. The zero-order valence-corrected chi connectivity index (χ0v) is 11.1. The van der Waals surface area contributed by atoms with Gasteiger partial charge in [-0.2, -0.15) is 0 Å². The summed E-state index contributed by atoms with van der Waals surface area (Å²) in [7, 11) is 0. The fourth-order valence-electron chi connectivity index (χ4n) is 5.10. The molecule has 1 aromatic heterocycles. The summed E-state index contributed by atoms with van der Waals surface area (Å²) in [4.78, 5) is 0. The van der Waals surface area contributed by atoms with E-state index in [-0.39, 0.29) is 0 Å². The van der Waals surface area contributed by atoms with E-state index < -0.39 is 0 Å². The fraction of sp³-hybridized carbons (Fsp3) is 0.750. The Kier molecular flexibility index (Phi) is 2.54. The molecule has 1 unspecified atom stereocenters. The van der Waals surface area contributed by atoms with Gasteiger partial charge in [-0.1, -0.05) is 0 Å². The first-order valence-electron chi connectivity index (χ1n) is 7.57. The van der Waals surface area contributed by atoms with Crippen molar-refractivity contribution in [3.05, 3.63) is 24.2 Å². The van der Waals surface area contributed by atoms with Crippen LogP contribution in [0.15, 0.2) is 23.0 Å². The number of furan rings is 1. The molecule has 0 aromatic carbocycles. The van der Waals surface area contributed by atoms with Crippen molar-refractivity contribution in [3.8, 4) is 0 Å². The number of nitrogens with one attached hydrogen (secondary N) is 1. The smallest absolute Gasteiger partial charge is 0.0950 e. The topological polar surface area (TPSA) is 25.2 Å². The molecule has 1 heterocycles. The van der Waals surface area contributed by atoms with Gasteiger partial charge in [-0.15, -0.1) is 0 Å². The van der Waals surface area contributed by atoms with E-state index in [1.165, 1.54) is 37.7 Å². The highest BCUT2D eigenvalue weighted by Gasteiger charge is 2.48. The van der Waals surface area contributed by atoms with Crippen LogP contribution in [0.5, 0.6) is 0 Å². The monoisotopic (exact) mass is 245 g/mol. The number of hydrogen-bond donors (Lipinski definition) is 1. The Balaban J connectivity index is 1.49. The van der Waals surface area contributed by atoms with Crippen molar-refractivity contribution in [3.63, 3.8) is 0 Å². The van der Waals surface area contributed by atoms with E-state index in [1.54, 1.807) is 6.26 Å². The second-order valence-electron chi connectivity index (χ2n) is 6.90. The maximum absolute atomic E-state index is 5.20. The molecule has 4 aliphatic rings. The summed E-state index contributed by atoms with van der Waals surface area (Å²) in [6.07, 6.45) is 11.2. The predicted octanol–water partition coefficient (Wildman–Crippen LogP) is 3.75. The quantitative estimate of drug-likeness (QED) is 0.877. The van der Waals surface area contributed by atoms with Gasteiger partial charge in [-0.05, 0) is 68.8 Å². The summed E-state index contributed by atoms with van der Waals surface area (Å²) in [5.41, 5.74) is 1.30. The summed E-state index contributed by atoms with van der Waals surface area (Å²) in [6, 6.07) is 3.29. The first kappa shape index (κ1) is 11.1. The maximum atomic E-state index is 5.20. The van der Waals surface area contributed by atoms with Crippen LogP contribution in [0.4, 0.5) is 0 Å². The van der Waals surface area contributed by atoms with Crippen LogP contribution >= 0.6 is 0 Å². The molecular formula is C16H23NO. The average molecular weight is 245 g/mol. The van der Waals surface area contributed by atoms with Crippen LogP contribution in [0, 0.1) is 23.7 Å². The van der Waals surface area contributed by atoms with Crippen LogP contribution in [0.2, 0.25) is 0 Å².